The van der Waals surface area contributed by atoms with Crippen LogP contribution in [0.25, 0.3) is 0 Å². The zero-order valence-corrected chi connectivity index (χ0v) is 12.2. The van der Waals surface area contributed by atoms with Crippen molar-refractivity contribution in [3.63, 3.8) is 0 Å². The van der Waals surface area contributed by atoms with Gasteiger partial charge in [-0.05, 0) is 18.9 Å². The summed E-state index contributed by atoms with van der Waals surface area (Å²) >= 11 is 1.85. The van der Waals surface area contributed by atoms with Crippen molar-refractivity contribution in [2.24, 2.45) is 0 Å². The predicted octanol–water partition coefficient (Wildman–Crippen LogP) is 2.96. The second-order valence-electron chi connectivity index (χ2n) is 4.45. The lowest BCUT2D eigenvalue weighted by Crippen LogP contribution is -2.12. The number of nitrogens with zero attached hydrogens (tertiary/aromatic N) is 1. The van der Waals surface area contributed by atoms with Gasteiger partial charge >= 0.3 is 0 Å². The molecule has 0 spiro atoms. The first-order valence-electron chi connectivity index (χ1n) is 6.37. The van der Waals surface area contributed by atoms with E-state index in [4.69, 9.17) is 9.72 Å². The number of hydrogen-bond acceptors (Lipinski definition) is 4. The molecule has 0 saturated heterocycles. The molecule has 4 heteroatoms. The van der Waals surface area contributed by atoms with Crippen LogP contribution in [0.15, 0.2) is 0 Å². The van der Waals surface area contributed by atoms with Gasteiger partial charge in [0.1, 0.15) is 0 Å². The van der Waals surface area contributed by atoms with Gasteiger partial charge < -0.3 is 10.1 Å². The Morgan fingerprint density at radius 2 is 2.18 bits per heavy atom. The Hall–Kier alpha value is -0.450. The van der Waals surface area contributed by atoms with Crippen LogP contribution >= 0.6 is 11.3 Å². The van der Waals surface area contributed by atoms with Crippen LogP contribution in [0.1, 0.15) is 48.7 Å². The first kappa shape index (κ1) is 14.6. The van der Waals surface area contributed by atoms with Crippen molar-refractivity contribution in [2.45, 2.75) is 46.1 Å². The largest absolute Gasteiger partial charge is 0.385 e. The highest BCUT2D eigenvalue weighted by atomic mass is 32.1. The van der Waals surface area contributed by atoms with Crippen LogP contribution in [0.4, 0.5) is 0 Å². The molecule has 0 aliphatic carbocycles. The summed E-state index contributed by atoms with van der Waals surface area (Å²) in [6.45, 7) is 9.34. The van der Waals surface area contributed by atoms with Crippen molar-refractivity contribution < 1.29 is 4.74 Å². The average Bonchev–Trinajstić information content (AvgIpc) is 2.70. The van der Waals surface area contributed by atoms with Crippen LogP contribution in [-0.4, -0.2) is 25.2 Å². The molecule has 3 nitrogen and oxygen atoms in total. The minimum Gasteiger partial charge on any atom is -0.385 e. The normalized spacial score (nSPS) is 11.4. The van der Waals surface area contributed by atoms with Crippen molar-refractivity contribution >= 4 is 11.3 Å². The molecular weight excluding hydrogens is 232 g/mol. The van der Waals surface area contributed by atoms with Crippen LogP contribution in [0.2, 0.25) is 0 Å². The SMILES string of the molecule is CCNCc1sc(CCCOC)nc1C(C)C. The van der Waals surface area contributed by atoms with Crippen LogP contribution in [-0.2, 0) is 17.7 Å². The molecule has 1 heterocycles. The Kier molecular flexibility index (Phi) is 6.70. The average molecular weight is 256 g/mol. The number of rotatable bonds is 8. The highest BCUT2D eigenvalue weighted by Gasteiger charge is 2.13. The molecule has 0 aliphatic rings. The monoisotopic (exact) mass is 256 g/mol. The molecule has 0 fully saturated rings. The fourth-order valence-electron chi connectivity index (χ4n) is 1.70. The van der Waals surface area contributed by atoms with Gasteiger partial charge in [0.25, 0.3) is 0 Å². The number of thiazole rings is 1. The molecule has 1 aromatic heterocycles. The molecule has 0 atom stereocenters. The van der Waals surface area contributed by atoms with Crippen molar-refractivity contribution in [1.82, 2.24) is 10.3 Å². The Bertz CT molecular complexity index is 323. The molecule has 0 amide bonds. The van der Waals surface area contributed by atoms with Crippen molar-refractivity contribution in [2.75, 3.05) is 20.3 Å². The zero-order chi connectivity index (χ0) is 12.7. The quantitative estimate of drug-likeness (QED) is 0.726. The minimum absolute atomic E-state index is 0.510. The first-order chi connectivity index (χ1) is 8.19. The fraction of sp³-hybridized carbons (Fsp3) is 0.769. The highest BCUT2D eigenvalue weighted by Crippen LogP contribution is 2.25. The Labute approximate surface area is 109 Å². The van der Waals surface area contributed by atoms with Gasteiger partial charge in [0.15, 0.2) is 0 Å². The Morgan fingerprint density at radius 1 is 1.41 bits per heavy atom. The maximum atomic E-state index is 5.08. The molecule has 0 unspecified atom stereocenters. The summed E-state index contributed by atoms with van der Waals surface area (Å²) in [5.41, 5.74) is 1.27. The van der Waals surface area contributed by atoms with E-state index in [1.807, 2.05) is 11.3 Å². The first-order valence-corrected chi connectivity index (χ1v) is 7.18. The second kappa shape index (κ2) is 7.80. The van der Waals surface area contributed by atoms with E-state index in [0.29, 0.717) is 5.92 Å². The van der Waals surface area contributed by atoms with Gasteiger partial charge in [0.05, 0.1) is 10.7 Å². The van der Waals surface area contributed by atoms with Crippen LogP contribution in [0.5, 0.6) is 0 Å². The number of methoxy groups -OCH3 is 1. The standard InChI is InChI=1S/C13H24N2OS/c1-5-14-9-11-13(10(2)3)15-12(17-11)7-6-8-16-4/h10,14H,5-9H2,1-4H3. The lowest BCUT2D eigenvalue weighted by molar-refractivity contribution is 0.195. The number of ether oxygens (including phenoxy) is 1. The van der Waals surface area contributed by atoms with Gasteiger partial charge in [0, 0.05) is 31.6 Å². The van der Waals surface area contributed by atoms with E-state index in [-0.39, 0.29) is 0 Å². The van der Waals surface area contributed by atoms with Crippen molar-refractivity contribution in [1.29, 1.82) is 0 Å². The summed E-state index contributed by atoms with van der Waals surface area (Å²) in [4.78, 5) is 6.15. The van der Waals surface area contributed by atoms with E-state index >= 15 is 0 Å². The Morgan fingerprint density at radius 3 is 2.76 bits per heavy atom. The molecule has 1 aromatic rings. The number of aryl methyl sites for hydroxylation is 1. The third kappa shape index (κ3) is 4.74. The van der Waals surface area contributed by atoms with Gasteiger partial charge in [-0.3, -0.25) is 0 Å². The molecular formula is C13H24N2OS. The molecule has 1 N–H and O–H groups in total. The topological polar surface area (TPSA) is 34.1 Å². The fourth-order valence-corrected chi connectivity index (χ4v) is 2.94. The molecule has 0 aromatic carbocycles. The molecule has 17 heavy (non-hydrogen) atoms. The summed E-state index contributed by atoms with van der Waals surface area (Å²) in [6, 6.07) is 0. The van der Waals surface area contributed by atoms with Gasteiger partial charge in [-0.1, -0.05) is 20.8 Å². The summed E-state index contributed by atoms with van der Waals surface area (Å²) in [6.07, 6.45) is 2.09. The van der Waals surface area contributed by atoms with Gasteiger partial charge in [-0.15, -0.1) is 11.3 Å². The summed E-state index contributed by atoms with van der Waals surface area (Å²) in [5, 5.41) is 4.63. The predicted molar refractivity (Wildman–Crippen MR) is 73.8 cm³/mol. The summed E-state index contributed by atoms with van der Waals surface area (Å²) in [7, 11) is 1.75. The third-order valence-corrected chi connectivity index (χ3v) is 3.72. The van der Waals surface area contributed by atoms with Crippen LogP contribution < -0.4 is 5.32 Å². The third-order valence-electron chi connectivity index (χ3n) is 2.59. The van der Waals surface area contributed by atoms with Gasteiger partial charge in [-0.25, -0.2) is 4.98 Å². The van der Waals surface area contributed by atoms with Crippen LogP contribution in [0, 0.1) is 0 Å². The zero-order valence-electron chi connectivity index (χ0n) is 11.4. The Balaban J connectivity index is 2.66. The van der Waals surface area contributed by atoms with Gasteiger partial charge in [0.2, 0.25) is 0 Å². The smallest absolute Gasteiger partial charge is 0.0932 e. The van der Waals surface area contributed by atoms with Crippen molar-refractivity contribution in [3.8, 4) is 0 Å². The molecule has 0 saturated carbocycles. The van der Waals surface area contributed by atoms with Gasteiger partial charge in [-0.2, -0.15) is 0 Å². The lowest BCUT2D eigenvalue weighted by atomic mass is 10.1. The maximum absolute atomic E-state index is 5.08. The molecule has 98 valence electrons. The highest BCUT2D eigenvalue weighted by molar-refractivity contribution is 7.11. The minimum atomic E-state index is 0.510. The number of nitrogens with one attached hydrogen (secondary N) is 1. The number of aromatic nitrogens is 1. The summed E-state index contributed by atoms with van der Waals surface area (Å²) < 4.78 is 5.08. The van der Waals surface area contributed by atoms with Crippen molar-refractivity contribution in [3.05, 3.63) is 15.6 Å². The second-order valence-corrected chi connectivity index (χ2v) is 5.62. The molecule has 1 rings (SSSR count). The molecule has 0 bridgehead atoms. The number of hydrogen-bond donors (Lipinski definition) is 1. The maximum Gasteiger partial charge on any atom is 0.0932 e. The van der Waals surface area contributed by atoms with E-state index in [1.54, 1.807) is 7.11 Å². The van der Waals surface area contributed by atoms with E-state index in [1.165, 1.54) is 15.6 Å². The van der Waals surface area contributed by atoms with E-state index in [9.17, 15) is 0 Å². The van der Waals surface area contributed by atoms with Crippen LogP contribution in [0.3, 0.4) is 0 Å². The van der Waals surface area contributed by atoms with E-state index in [0.717, 1.165) is 32.5 Å². The van der Waals surface area contributed by atoms with E-state index in [2.05, 4.69) is 26.1 Å². The molecule has 0 radical (unpaired) electrons. The van der Waals surface area contributed by atoms with E-state index < -0.39 is 0 Å². The molecule has 0 aliphatic heterocycles. The summed E-state index contributed by atoms with van der Waals surface area (Å²) in [5.74, 6) is 0.510. The lowest BCUT2D eigenvalue weighted by Gasteiger charge is -2.04.